The Balaban J connectivity index is 1.51. The van der Waals surface area contributed by atoms with E-state index >= 15 is 0 Å². The molecule has 4 bridgehead atoms. The molecular weight excluding hydrogens is 355 g/mol. The van der Waals surface area contributed by atoms with Gasteiger partial charge in [-0.15, -0.1) is 0 Å². The lowest BCUT2D eigenvalue weighted by atomic mass is 9.50. The minimum atomic E-state index is -0.320. The molecule has 1 aromatic carbocycles. The standard InChI is InChI=1S/C17H19BrClFO/c18-13-4-14(19)16(5-15(13)20)21-9-17-6-10-1-11(7-17)3-12(2-10)8-17/h4-5,10-12H,1-3,6-9H2. The van der Waals surface area contributed by atoms with Gasteiger partial charge < -0.3 is 4.74 Å². The zero-order chi connectivity index (χ0) is 14.6. The maximum absolute atomic E-state index is 13.7. The number of ether oxygens (including phenoxy) is 1. The predicted molar refractivity (Wildman–Crippen MR) is 85.2 cm³/mol. The Bertz CT molecular complexity index is 539. The molecule has 0 radical (unpaired) electrons. The van der Waals surface area contributed by atoms with E-state index in [-0.39, 0.29) is 5.82 Å². The van der Waals surface area contributed by atoms with Crippen LogP contribution in [0.4, 0.5) is 4.39 Å². The van der Waals surface area contributed by atoms with E-state index in [1.807, 2.05) is 0 Å². The third-order valence-corrected chi connectivity index (χ3v) is 6.58. The van der Waals surface area contributed by atoms with Crippen LogP contribution in [0.3, 0.4) is 0 Å². The van der Waals surface area contributed by atoms with E-state index in [4.69, 9.17) is 16.3 Å². The fourth-order valence-electron chi connectivity index (χ4n) is 5.31. The van der Waals surface area contributed by atoms with Gasteiger partial charge in [0.1, 0.15) is 11.6 Å². The molecule has 0 heterocycles. The Morgan fingerprint density at radius 1 is 1.14 bits per heavy atom. The lowest BCUT2D eigenvalue weighted by molar-refractivity contribution is -0.0745. The second-order valence-electron chi connectivity index (χ2n) is 7.40. The van der Waals surface area contributed by atoms with E-state index in [2.05, 4.69) is 15.9 Å². The number of halogens is 3. The van der Waals surface area contributed by atoms with Crippen LogP contribution in [0.15, 0.2) is 16.6 Å². The quantitative estimate of drug-likeness (QED) is 0.605. The molecule has 1 nitrogen and oxygen atoms in total. The van der Waals surface area contributed by atoms with E-state index in [0.29, 0.717) is 27.3 Å². The Morgan fingerprint density at radius 3 is 2.29 bits per heavy atom. The molecule has 1 aromatic rings. The van der Waals surface area contributed by atoms with Crippen molar-refractivity contribution in [2.45, 2.75) is 38.5 Å². The van der Waals surface area contributed by atoms with E-state index in [1.54, 1.807) is 6.07 Å². The second-order valence-corrected chi connectivity index (χ2v) is 8.66. The van der Waals surface area contributed by atoms with Crippen LogP contribution >= 0.6 is 27.5 Å². The van der Waals surface area contributed by atoms with Crippen LogP contribution in [0.25, 0.3) is 0 Å². The van der Waals surface area contributed by atoms with Gasteiger partial charge in [-0.05, 0) is 78.3 Å². The third kappa shape index (κ3) is 2.61. The van der Waals surface area contributed by atoms with Gasteiger partial charge in [-0.3, -0.25) is 0 Å². The largest absolute Gasteiger partial charge is 0.491 e. The molecule has 0 spiro atoms. The summed E-state index contributed by atoms with van der Waals surface area (Å²) in [7, 11) is 0. The highest BCUT2D eigenvalue weighted by atomic mass is 79.9. The molecule has 5 rings (SSSR count). The Morgan fingerprint density at radius 2 is 1.71 bits per heavy atom. The first-order valence-corrected chi connectivity index (χ1v) is 8.97. The van der Waals surface area contributed by atoms with Crippen molar-refractivity contribution < 1.29 is 9.13 Å². The van der Waals surface area contributed by atoms with Gasteiger partial charge in [-0.2, -0.15) is 0 Å². The molecule has 0 saturated heterocycles. The molecule has 4 saturated carbocycles. The van der Waals surface area contributed by atoms with Gasteiger partial charge in [0.25, 0.3) is 0 Å². The molecular formula is C17H19BrClFO. The number of hydrogen-bond acceptors (Lipinski definition) is 1. The smallest absolute Gasteiger partial charge is 0.141 e. The molecule has 4 aliphatic rings. The van der Waals surface area contributed by atoms with Gasteiger partial charge >= 0.3 is 0 Å². The van der Waals surface area contributed by atoms with Crippen molar-refractivity contribution in [2.24, 2.45) is 23.2 Å². The summed E-state index contributed by atoms with van der Waals surface area (Å²) in [4.78, 5) is 0. The molecule has 4 heteroatoms. The maximum Gasteiger partial charge on any atom is 0.141 e. The summed E-state index contributed by atoms with van der Waals surface area (Å²) in [5.74, 6) is 2.86. The molecule has 0 aliphatic heterocycles. The lowest BCUT2D eigenvalue weighted by Crippen LogP contribution is -2.48. The van der Waals surface area contributed by atoms with E-state index < -0.39 is 0 Å². The van der Waals surface area contributed by atoms with Crippen molar-refractivity contribution in [3.8, 4) is 5.75 Å². The average molecular weight is 374 g/mol. The Hall–Kier alpha value is -0.280. The van der Waals surface area contributed by atoms with Crippen LogP contribution in [0.1, 0.15) is 38.5 Å². The monoisotopic (exact) mass is 372 g/mol. The van der Waals surface area contributed by atoms with Gasteiger partial charge in [0, 0.05) is 11.5 Å². The van der Waals surface area contributed by atoms with E-state index in [0.717, 1.165) is 17.8 Å². The van der Waals surface area contributed by atoms with Crippen LogP contribution in [0.5, 0.6) is 5.75 Å². The topological polar surface area (TPSA) is 9.23 Å². The first kappa shape index (κ1) is 14.3. The second kappa shape index (κ2) is 5.13. The van der Waals surface area contributed by atoms with Crippen molar-refractivity contribution in [1.29, 1.82) is 0 Å². The molecule has 0 unspecified atom stereocenters. The molecule has 0 amide bonds. The summed E-state index contributed by atoms with van der Waals surface area (Å²) in [6.45, 7) is 0.692. The van der Waals surface area contributed by atoms with E-state index in [1.165, 1.54) is 44.6 Å². The molecule has 4 fully saturated rings. The molecule has 0 N–H and O–H groups in total. The molecule has 4 aliphatic carbocycles. The normalized spacial score (nSPS) is 37.0. The lowest BCUT2D eigenvalue weighted by Gasteiger charge is -2.56. The first-order valence-electron chi connectivity index (χ1n) is 7.80. The summed E-state index contributed by atoms with van der Waals surface area (Å²) >= 11 is 9.31. The van der Waals surface area contributed by atoms with Crippen molar-refractivity contribution in [1.82, 2.24) is 0 Å². The molecule has 0 atom stereocenters. The van der Waals surface area contributed by atoms with Crippen molar-refractivity contribution in [3.63, 3.8) is 0 Å². The van der Waals surface area contributed by atoms with Gasteiger partial charge in [0.15, 0.2) is 0 Å². The highest BCUT2D eigenvalue weighted by Crippen LogP contribution is 2.60. The van der Waals surface area contributed by atoms with Gasteiger partial charge in [-0.25, -0.2) is 4.39 Å². The average Bonchev–Trinajstić information content (AvgIpc) is 2.40. The number of rotatable bonds is 3. The highest BCUT2D eigenvalue weighted by Gasteiger charge is 2.51. The summed E-state index contributed by atoms with van der Waals surface area (Å²) in [5, 5.41) is 0.480. The number of hydrogen-bond donors (Lipinski definition) is 0. The summed E-state index contributed by atoms with van der Waals surface area (Å²) in [6.07, 6.45) is 8.13. The van der Waals surface area contributed by atoms with Gasteiger partial charge in [0.2, 0.25) is 0 Å². The Kier molecular flexibility index (Phi) is 3.50. The fourth-order valence-corrected chi connectivity index (χ4v) is 6.01. The molecule has 0 aromatic heterocycles. The van der Waals surface area contributed by atoms with Crippen LogP contribution in [-0.4, -0.2) is 6.61 Å². The van der Waals surface area contributed by atoms with Gasteiger partial charge in [-0.1, -0.05) is 11.6 Å². The maximum atomic E-state index is 13.7. The van der Waals surface area contributed by atoms with E-state index in [9.17, 15) is 4.39 Å². The molecule has 114 valence electrons. The van der Waals surface area contributed by atoms with Crippen molar-refractivity contribution in [2.75, 3.05) is 6.61 Å². The number of benzene rings is 1. The van der Waals surface area contributed by atoms with Crippen LogP contribution in [0, 0.1) is 29.0 Å². The highest BCUT2D eigenvalue weighted by molar-refractivity contribution is 9.10. The zero-order valence-electron chi connectivity index (χ0n) is 11.9. The summed E-state index contributed by atoms with van der Waals surface area (Å²) in [5.41, 5.74) is 0.321. The minimum Gasteiger partial charge on any atom is -0.491 e. The fraction of sp³-hybridized carbons (Fsp3) is 0.647. The molecule has 21 heavy (non-hydrogen) atoms. The predicted octanol–water partition coefficient (Wildman–Crippen LogP) is 5.84. The SMILES string of the molecule is Fc1cc(OCC23CC4CC(CC(C4)C2)C3)c(Cl)cc1Br. The third-order valence-electron chi connectivity index (χ3n) is 5.67. The first-order chi connectivity index (χ1) is 10.0. The van der Waals surface area contributed by atoms with Crippen molar-refractivity contribution in [3.05, 3.63) is 27.4 Å². The van der Waals surface area contributed by atoms with Gasteiger partial charge in [0.05, 0.1) is 16.1 Å². The zero-order valence-corrected chi connectivity index (χ0v) is 14.2. The summed E-state index contributed by atoms with van der Waals surface area (Å²) in [6, 6.07) is 2.97. The van der Waals surface area contributed by atoms with Crippen LogP contribution in [0.2, 0.25) is 5.02 Å². The van der Waals surface area contributed by atoms with Crippen LogP contribution < -0.4 is 4.74 Å². The van der Waals surface area contributed by atoms with Crippen molar-refractivity contribution >= 4 is 27.5 Å². The Labute approximate surface area is 138 Å². The van der Waals surface area contributed by atoms with Crippen LogP contribution in [-0.2, 0) is 0 Å². The minimum absolute atomic E-state index is 0.320. The summed E-state index contributed by atoms with van der Waals surface area (Å²) < 4.78 is 20.0.